The summed E-state index contributed by atoms with van der Waals surface area (Å²) in [7, 11) is -3.59. The van der Waals surface area contributed by atoms with Crippen LogP contribution in [0.2, 0.25) is 0 Å². The second-order valence-corrected chi connectivity index (χ2v) is 5.86. The van der Waals surface area contributed by atoms with E-state index in [-0.39, 0.29) is 41.8 Å². The molecule has 0 fully saturated rings. The summed E-state index contributed by atoms with van der Waals surface area (Å²) in [6.45, 7) is 0.114. The molecule has 1 aliphatic rings. The summed E-state index contributed by atoms with van der Waals surface area (Å²) in [4.78, 5) is 11.8. The second-order valence-electron chi connectivity index (χ2n) is 3.91. The van der Waals surface area contributed by atoms with Crippen LogP contribution in [0.15, 0.2) is 17.0 Å². The van der Waals surface area contributed by atoms with Crippen molar-refractivity contribution in [3.05, 3.63) is 17.7 Å². The van der Waals surface area contributed by atoms with Crippen molar-refractivity contribution in [1.29, 1.82) is 0 Å². The molecule has 0 saturated heterocycles. The number of Topliss-reactive ketones (excluding diaryl/α,β-unsaturated/α-hetero) is 1. The van der Waals surface area contributed by atoms with Crippen LogP contribution < -0.4 is 15.2 Å². The van der Waals surface area contributed by atoms with Crippen molar-refractivity contribution < 1.29 is 22.7 Å². The van der Waals surface area contributed by atoms with Crippen LogP contribution in [0.25, 0.3) is 0 Å². The number of nitrogens with two attached hydrogens (primary N) is 1. The van der Waals surface area contributed by atoms with Crippen LogP contribution in [0.3, 0.4) is 0 Å². The second kappa shape index (κ2) is 4.58. The molecular weight excluding hydrogens is 258 g/mol. The van der Waals surface area contributed by atoms with Crippen molar-refractivity contribution >= 4 is 15.6 Å². The quantitative estimate of drug-likeness (QED) is 0.794. The summed E-state index contributed by atoms with van der Waals surface area (Å²) in [5.74, 6) is 0.122. The van der Waals surface area contributed by atoms with Gasteiger partial charge in [-0.15, -0.1) is 0 Å². The Balaban J connectivity index is 2.65. The van der Waals surface area contributed by atoms with E-state index in [9.17, 15) is 13.2 Å². The molecule has 0 aliphatic carbocycles. The smallest absolute Gasteiger partial charge is 0.231 e. The summed E-state index contributed by atoms with van der Waals surface area (Å²) in [5.41, 5.74) is 5.42. The molecule has 1 aliphatic heterocycles. The van der Waals surface area contributed by atoms with Gasteiger partial charge >= 0.3 is 0 Å². The summed E-state index contributed by atoms with van der Waals surface area (Å²) in [6.07, 6.45) is 1.12. The molecule has 0 bridgehead atoms. The lowest BCUT2D eigenvalue weighted by molar-refractivity contribution is 0.0981. The SMILES string of the molecule is CS(=O)(=O)c1c(C(=O)CCN)ccc2c1OCO2. The Kier molecular flexibility index (Phi) is 3.27. The largest absolute Gasteiger partial charge is 0.454 e. The van der Waals surface area contributed by atoms with E-state index < -0.39 is 9.84 Å². The van der Waals surface area contributed by atoms with Crippen molar-refractivity contribution in [2.24, 2.45) is 5.73 Å². The minimum Gasteiger partial charge on any atom is -0.454 e. The highest BCUT2D eigenvalue weighted by molar-refractivity contribution is 7.91. The zero-order valence-corrected chi connectivity index (χ0v) is 10.6. The van der Waals surface area contributed by atoms with Gasteiger partial charge in [0.2, 0.25) is 6.79 Å². The van der Waals surface area contributed by atoms with Crippen LogP contribution in [-0.2, 0) is 9.84 Å². The number of carbonyl (C=O) groups excluding carboxylic acids is 1. The lowest BCUT2D eigenvalue weighted by Crippen LogP contribution is -2.13. The van der Waals surface area contributed by atoms with Crippen molar-refractivity contribution in [1.82, 2.24) is 0 Å². The van der Waals surface area contributed by atoms with Crippen LogP contribution in [0.1, 0.15) is 16.8 Å². The molecule has 0 unspecified atom stereocenters. The molecule has 6 nitrogen and oxygen atoms in total. The monoisotopic (exact) mass is 271 g/mol. The molecule has 0 saturated carbocycles. The van der Waals surface area contributed by atoms with Gasteiger partial charge in [-0.05, 0) is 18.7 Å². The van der Waals surface area contributed by atoms with Gasteiger partial charge < -0.3 is 15.2 Å². The topological polar surface area (TPSA) is 95.7 Å². The van der Waals surface area contributed by atoms with E-state index in [0.717, 1.165) is 6.26 Å². The van der Waals surface area contributed by atoms with Gasteiger partial charge in [0.1, 0.15) is 4.90 Å². The van der Waals surface area contributed by atoms with Crippen LogP contribution in [0, 0.1) is 0 Å². The summed E-state index contributed by atoms with van der Waals surface area (Å²) in [5, 5.41) is 0. The van der Waals surface area contributed by atoms with Crippen LogP contribution in [-0.4, -0.2) is 33.8 Å². The normalized spacial score (nSPS) is 13.7. The van der Waals surface area contributed by atoms with Gasteiger partial charge in [0.15, 0.2) is 27.1 Å². The van der Waals surface area contributed by atoms with Crippen LogP contribution in [0.5, 0.6) is 11.5 Å². The number of carbonyl (C=O) groups is 1. The van der Waals surface area contributed by atoms with E-state index in [4.69, 9.17) is 15.2 Å². The Morgan fingerprint density at radius 1 is 1.39 bits per heavy atom. The number of fused-ring (bicyclic) bond motifs is 1. The first-order valence-corrected chi connectivity index (χ1v) is 7.20. The maximum atomic E-state index is 11.9. The van der Waals surface area contributed by atoms with E-state index in [2.05, 4.69) is 0 Å². The first-order valence-electron chi connectivity index (χ1n) is 5.31. The zero-order chi connectivity index (χ0) is 13.3. The first-order chi connectivity index (χ1) is 8.45. The van der Waals surface area contributed by atoms with Crippen LogP contribution >= 0.6 is 0 Å². The Bertz CT molecular complexity index is 594. The Labute approximate surface area is 105 Å². The van der Waals surface area contributed by atoms with Gasteiger partial charge in [-0.2, -0.15) is 0 Å². The average Bonchev–Trinajstić information content (AvgIpc) is 2.74. The fourth-order valence-corrected chi connectivity index (χ4v) is 2.88. The first kappa shape index (κ1) is 12.8. The predicted molar refractivity (Wildman–Crippen MR) is 63.7 cm³/mol. The van der Waals surface area contributed by atoms with Crippen molar-refractivity contribution in [2.75, 3.05) is 19.6 Å². The highest BCUT2D eigenvalue weighted by Gasteiger charge is 2.29. The molecule has 7 heteroatoms. The van der Waals surface area contributed by atoms with Gasteiger partial charge in [0.05, 0.1) is 0 Å². The van der Waals surface area contributed by atoms with Gasteiger partial charge in [0.25, 0.3) is 0 Å². The number of rotatable bonds is 4. The third-order valence-electron chi connectivity index (χ3n) is 2.54. The van der Waals surface area contributed by atoms with Crippen molar-refractivity contribution in [3.63, 3.8) is 0 Å². The molecule has 0 radical (unpaired) electrons. The third-order valence-corrected chi connectivity index (χ3v) is 3.68. The average molecular weight is 271 g/mol. The lowest BCUT2D eigenvalue weighted by atomic mass is 10.1. The molecule has 0 amide bonds. The molecule has 18 heavy (non-hydrogen) atoms. The number of sulfone groups is 1. The number of ether oxygens (including phenoxy) is 2. The number of ketones is 1. The van der Waals surface area contributed by atoms with Gasteiger partial charge in [-0.25, -0.2) is 8.42 Å². The molecule has 2 rings (SSSR count). The van der Waals surface area contributed by atoms with Crippen LogP contribution in [0.4, 0.5) is 0 Å². The number of hydrogen-bond donors (Lipinski definition) is 1. The summed E-state index contributed by atoms with van der Waals surface area (Å²) in [6, 6.07) is 2.96. The third kappa shape index (κ3) is 2.19. The molecule has 1 aromatic carbocycles. The van der Waals surface area contributed by atoms with E-state index in [1.54, 1.807) is 0 Å². The number of benzene rings is 1. The minimum absolute atomic E-state index is 0.0492. The maximum absolute atomic E-state index is 11.9. The van der Waals surface area contributed by atoms with E-state index in [1.165, 1.54) is 12.1 Å². The molecule has 0 aromatic heterocycles. The Morgan fingerprint density at radius 3 is 2.72 bits per heavy atom. The Hall–Kier alpha value is -1.60. The minimum atomic E-state index is -3.59. The Morgan fingerprint density at radius 2 is 2.11 bits per heavy atom. The van der Waals surface area contributed by atoms with Gasteiger partial charge in [-0.3, -0.25) is 4.79 Å². The number of hydrogen-bond acceptors (Lipinski definition) is 6. The van der Waals surface area contributed by atoms with Crippen molar-refractivity contribution in [2.45, 2.75) is 11.3 Å². The zero-order valence-electron chi connectivity index (χ0n) is 9.80. The molecule has 0 spiro atoms. The standard InChI is InChI=1S/C11H13NO5S/c1-18(14,15)11-7(8(13)4-5-12)2-3-9-10(11)17-6-16-9/h2-3H,4-6,12H2,1H3. The van der Waals surface area contributed by atoms with E-state index in [1.807, 2.05) is 0 Å². The predicted octanol–water partition coefficient (Wildman–Crippen LogP) is 0.350. The molecule has 1 aromatic rings. The molecule has 2 N–H and O–H groups in total. The molecule has 1 heterocycles. The molecule has 0 atom stereocenters. The van der Waals surface area contributed by atoms with E-state index in [0.29, 0.717) is 5.75 Å². The van der Waals surface area contributed by atoms with Crippen molar-refractivity contribution in [3.8, 4) is 11.5 Å². The fourth-order valence-electron chi connectivity index (χ4n) is 1.80. The van der Waals surface area contributed by atoms with Gasteiger partial charge in [0, 0.05) is 18.2 Å². The highest BCUT2D eigenvalue weighted by Crippen LogP contribution is 2.40. The van der Waals surface area contributed by atoms with E-state index >= 15 is 0 Å². The maximum Gasteiger partial charge on any atom is 0.231 e. The highest BCUT2D eigenvalue weighted by atomic mass is 32.2. The molecule has 98 valence electrons. The fraction of sp³-hybridized carbons (Fsp3) is 0.364. The lowest BCUT2D eigenvalue weighted by Gasteiger charge is -2.09. The van der Waals surface area contributed by atoms with Gasteiger partial charge in [-0.1, -0.05) is 0 Å². The summed E-state index contributed by atoms with van der Waals surface area (Å²) >= 11 is 0. The summed E-state index contributed by atoms with van der Waals surface area (Å²) < 4.78 is 33.9. The molecular formula is C11H13NO5S.